The molecule has 0 saturated carbocycles. The Hall–Kier alpha value is -4.81. The lowest BCUT2D eigenvalue weighted by atomic mass is 9.91. The molecule has 166 valence electrons. The van der Waals surface area contributed by atoms with Crippen molar-refractivity contribution in [2.75, 3.05) is 7.11 Å². The van der Waals surface area contributed by atoms with Crippen LogP contribution in [0.1, 0.15) is 11.1 Å². The van der Waals surface area contributed by atoms with Gasteiger partial charge in [-0.15, -0.1) is 0 Å². The van der Waals surface area contributed by atoms with Crippen molar-refractivity contribution < 1.29 is 9.15 Å². The second-order valence-corrected chi connectivity index (χ2v) is 8.34. The van der Waals surface area contributed by atoms with E-state index in [1.54, 1.807) is 7.11 Å². The summed E-state index contributed by atoms with van der Waals surface area (Å²) in [5, 5.41) is 4.47. The van der Waals surface area contributed by atoms with Crippen molar-refractivity contribution >= 4 is 32.5 Å². The quantitative estimate of drug-likeness (QED) is 0.121. The highest BCUT2D eigenvalue weighted by molar-refractivity contribution is 6.18. The zero-order chi connectivity index (χ0) is 23.8. The summed E-state index contributed by atoms with van der Waals surface area (Å²) < 4.78 is 11.1. The van der Waals surface area contributed by atoms with Crippen LogP contribution >= 0.6 is 0 Å². The third kappa shape index (κ3) is 3.72. The molecule has 1 aromatic heterocycles. The first-order valence-electron chi connectivity index (χ1n) is 11.3. The molecule has 0 spiro atoms. The van der Waals surface area contributed by atoms with Crippen LogP contribution in [-0.2, 0) is 0 Å². The van der Waals surface area contributed by atoms with E-state index in [4.69, 9.17) is 9.15 Å². The molecular formula is C32H20O3. The molecule has 0 fully saturated rings. The summed E-state index contributed by atoms with van der Waals surface area (Å²) in [6.45, 7) is 0. The van der Waals surface area contributed by atoms with Crippen LogP contribution in [0.2, 0.25) is 0 Å². The van der Waals surface area contributed by atoms with Gasteiger partial charge in [-0.05, 0) is 64.9 Å². The molecule has 0 aliphatic rings. The number of benzene rings is 5. The number of fused-ring (bicyclic) bond motifs is 4. The lowest BCUT2D eigenvalue weighted by Gasteiger charge is -2.12. The molecule has 6 aromatic rings. The summed E-state index contributed by atoms with van der Waals surface area (Å²) in [6, 6.07) is 33.6. The van der Waals surface area contributed by atoms with E-state index in [-0.39, 0.29) is 5.63 Å². The highest BCUT2D eigenvalue weighted by Crippen LogP contribution is 2.37. The van der Waals surface area contributed by atoms with E-state index in [9.17, 15) is 4.79 Å². The molecule has 0 saturated heterocycles. The molecule has 0 amide bonds. The molecule has 1 heterocycles. The Bertz CT molecular complexity index is 1830. The van der Waals surface area contributed by atoms with Gasteiger partial charge in [-0.2, -0.15) is 0 Å². The fourth-order valence-corrected chi connectivity index (χ4v) is 4.55. The zero-order valence-corrected chi connectivity index (χ0v) is 19.0. The maximum Gasteiger partial charge on any atom is 0.344 e. The van der Waals surface area contributed by atoms with Crippen molar-refractivity contribution in [3.8, 4) is 28.7 Å². The minimum atomic E-state index is -0.350. The second kappa shape index (κ2) is 8.52. The molecule has 5 aromatic carbocycles. The maximum absolute atomic E-state index is 13.4. The monoisotopic (exact) mass is 452 g/mol. The Morgan fingerprint density at radius 1 is 0.686 bits per heavy atom. The number of hydrogen-bond donors (Lipinski definition) is 0. The molecular weight excluding hydrogens is 432 g/mol. The first kappa shape index (κ1) is 20.8. The number of ether oxygens (including phenoxy) is 1. The molecule has 0 aliphatic carbocycles. The summed E-state index contributed by atoms with van der Waals surface area (Å²) in [5.74, 6) is 7.12. The SMILES string of the molecule is COc1ccc(C#Cc2ccc3c(c2)oc(=O)c2c(-c4ccccc4)c4ccccc4cc23)cc1. The van der Waals surface area contributed by atoms with E-state index in [1.807, 2.05) is 84.9 Å². The average Bonchev–Trinajstić information content (AvgIpc) is 2.91. The lowest BCUT2D eigenvalue weighted by Crippen LogP contribution is -2.03. The lowest BCUT2D eigenvalue weighted by molar-refractivity contribution is 0.415. The summed E-state index contributed by atoms with van der Waals surface area (Å²) in [6.07, 6.45) is 0. The molecule has 0 aliphatic heterocycles. The van der Waals surface area contributed by atoms with Gasteiger partial charge in [0.1, 0.15) is 11.3 Å². The largest absolute Gasteiger partial charge is 0.497 e. The fraction of sp³-hybridized carbons (Fsp3) is 0.0312. The fourth-order valence-electron chi connectivity index (χ4n) is 4.55. The van der Waals surface area contributed by atoms with Crippen molar-refractivity contribution in [3.05, 3.63) is 125 Å². The van der Waals surface area contributed by atoms with Crippen LogP contribution < -0.4 is 10.4 Å². The van der Waals surface area contributed by atoms with E-state index in [0.29, 0.717) is 11.0 Å². The summed E-state index contributed by atoms with van der Waals surface area (Å²) in [5.41, 5.74) is 3.72. The summed E-state index contributed by atoms with van der Waals surface area (Å²) in [7, 11) is 1.64. The highest BCUT2D eigenvalue weighted by Gasteiger charge is 2.16. The standard InChI is InChI=1S/C32H20O3/c1-34-25-16-13-21(14-17-25)11-12-22-15-18-27-28-20-24-9-5-6-10-26(24)30(23-7-3-2-4-8-23)31(28)32(33)35-29(27)19-22/h2-10,13-20H,1H3. The van der Waals surface area contributed by atoms with Crippen molar-refractivity contribution in [2.24, 2.45) is 0 Å². The Kier molecular flexibility index (Phi) is 5.05. The van der Waals surface area contributed by atoms with Gasteiger partial charge in [0.25, 0.3) is 0 Å². The van der Waals surface area contributed by atoms with Crippen LogP contribution in [-0.4, -0.2) is 7.11 Å². The van der Waals surface area contributed by atoms with Gasteiger partial charge < -0.3 is 9.15 Å². The molecule has 35 heavy (non-hydrogen) atoms. The average molecular weight is 453 g/mol. The van der Waals surface area contributed by atoms with Crippen LogP contribution in [0.3, 0.4) is 0 Å². The van der Waals surface area contributed by atoms with Crippen molar-refractivity contribution in [2.45, 2.75) is 0 Å². The molecule has 0 unspecified atom stereocenters. The van der Waals surface area contributed by atoms with E-state index in [0.717, 1.165) is 49.5 Å². The summed E-state index contributed by atoms with van der Waals surface area (Å²) in [4.78, 5) is 13.4. The number of rotatable bonds is 2. The first-order chi connectivity index (χ1) is 17.2. The number of methoxy groups -OCH3 is 1. The third-order valence-corrected chi connectivity index (χ3v) is 6.23. The van der Waals surface area contributed by atoms with Crippen molar-refractivity contribution in [3.63, 3.8) is 0 Å². The highest BCUT2D eigenvalue weighted by atomic mass is 16.5. The molecule has 3 heteroatoms. The van der Waals surface area contributed by atoms with Crippen molar-refractivity contribution in [1.82, 2.24) is 0 Å². The van der Waals surface area contributed by atoms with Gasteiger partial charge in [-0.1, -0.05) is 66.4 Å². The summed E-state index contributed by atoms with van der Waals surface area (Å²) >= 11 is 0. The second-order valence-electron chi connectivity index (χ2n) is 8.34. The normalized spacial score (nSPS) is 10.9. The van der Waals surface area contributed by atoms with Crippen molar-refractivity contribution in [1.29, 1.82) is 0 Å². The predicted octanol–water partition coefficient (Wildman–Crippen LogP) is 7.17. The number of hydrogen-bond acceptors (Lipinski definition) is 3. The molecule has 3 nitrogen and oxygen atoms in total. The van der Waals surface area contributed by atoms with Crippen LogP contribution in [0.5, 0.6) is 5.75 Å². The van der Waals surface area contributed by atoms with Gasteiger partial charge in [0.2, 0.25) is 0 Å². The van der Waals surface area contributed by atoms with Gasteiger partial charge in [0, 0.05) is 27.5 Å². The van der Waals surface area contributed by atoms with E-state index >= 15 is 0 Å². The van der Waals surface area contributed by atoms with Crippen LogP contribution in [0.4, 0.5) is 0 Å². The minimum Gasteiger partial charge on any atom is -0.497 e. The zero-order valence-electron chi connectivity index (χ0n) is 19.0. The van der Waals surface area contributed by atoms with E-state index in [1.165, 1.54) is 0 Å². The molecule has 0 radical (unpaired) electrons. The molecule has 0 bridgehead atoms. The van der Waals surface area contributed by atoms with Gasteiger partial charge in [-0.25, -0.2) is 4.79 Å². The Morgan fingerprint density at radius 3 is 2.20 bits per heavy atom. The van der Waals surface area contributed by atoms with Gasteiger partial charge in [-0.3, -0.25) is 0 Å². The Morgan fingerprint density at radius 2 is 1.40 bits per heavy atom. The third-order valence-electron chi connectivity index (χ3n) is 6.23. The topological polar surface area (TPSA) is 39.4 Å². The first-order valence-corrected chi connectivity index (χ1v) is 11.3. The minimum absolute atomic E-state index is 0.350. The van der Waals surface area contributed by atoms with Crippen LogP contribution in [0, 0.1) is 11.8 Å². The Labute approximate surface area is 202 Å². The molecule has 0 atom stereocenters. The van der Waals surface area contributed by atoms with Gasteiger partial charge in [0.15, 0.2) is 0 Å². The van der Waals surface area contributed by atoms with Crippen LogP contribution in [0.15, 0.2) is 112 Å². The molecule has 0 N–H and O–H groups in total. The van der Waals surface area contributed by atoms with E-state index < -0.39 is 0 Å². The van der Waals surface area contributed by atoms with Gasteiger partial charge >= 0.3 is 5.63 Å². The van der Waals surface area contributed by atoms with Crippen LogP contribution in [0.25, 0.3) is 43.6 Å². The smallest absolute Gasteiger partial charge is 0.344 e. The predicted molar refractivity (Wildman–Crippen MR) is 142 cm³/mol. The maximum atomic E-state index is 13.4. The Balaban J connectivity index is 1.57. The molecule has 6 rings (SSSR count). The van der Waals surface area contributed by atoms with E-state index in [2.05, 4.69) is 30.0 Å². The van der Waals surface area contributed by atoms with Gasteiger partial charge in [0.05, 0.1) is 12.5 Å².